The van der Waals surface area contributed by atoms with E-state index in [0.29, 0.717) is 11.8 Å². The fraction of sp³-hybridized carbons (Fsp3) is 0.321. The first-order chi connectivity index (χ1) is 17.8. The van der Waals surface area contributed by atoms with Crippen molar-refractivity contribution in [2.24, 2.45) is 11.8 Å². The molecule has 3 aromatic heterocycles. The molecule has 1 saturated carbocycles. The van der Waals surface area contributed by atoms with Gasteiger partial charge in [0.25, 0.3) is 0 Å². The van der Waals surface area contributed by atoms with E-state index in [4.69, 9.17) is 0 Å². The summed E-state index contributed by atoms with van der Waals surface area (Å²) in [7, 11) is 0. The molecule has 37 heavy (non-hydrogen) atoms. The Bertz CT molecular complexity index is 1390. The fourth-order valence-electron chi connectivity index (χ4n) is 5.73. The standard InChI is InChI=1S/C28H26F3N5O/c1-16-12-18(13-17(2)28(16)36-11-10-33-35-36)20-8-9-32-15-19(20)14-25(37)24-7-6-23(31)27(34-24)26-21(29)4-3-5-22(26)30/h3-11,15-18,28H,12-14H2,1-2H3/t16-,17+,18?,28?. The average molecular weight is 506 g/mol. The normalized spacial score (nSPS) is 21.6. The van der Waals surface area contributed by atoms with Gasteiger partial charge in [-0.25, -0.2) is 22.8 Å². The van der Waals surface area contributed by atoms with Gasteiger partial charge >= 0.3 is 0 Å². The van der Waals surface area contributed by atoms with Crippen LogP contribution in [0.2, 0.25) is 0 Å². The summed E-state index contributed by atoms with van der Waals surface area (Å²) in [5, 5.41) is 8.16. The van der Waals surface area contributed by atoms with Crippen LogP contribution in [0.4, 0.5) is 13.2 Å². The topological polar surface area (TPSA) is 73.6 Å². The van der Waals surface area contributed by atoms with E-state index in [2.05, 4.69) is 34.1 Å². The highest BCUT2D eigenvalue weighted by molar-refractivity contribution is 5.96. The number of ketones is 1. The van der Waals surface area contributed by atoms with Crippen molar-refractivity contribution in [3.63, 3.8) is 0 Å². The Balaban J connectivity index is 1.40. The SMILES string of the molecule is C[C@@H]1CC(c2ccncc2CC(=O)c2ccc(F)c(-c3c(F)cccc3F)n2)C[C@H](C)C1n1ccnn1. The summed E-state index contributed by atoms with van der Waals surface area (Å²) < 4.78 is 45.0. The lowest BCUT2D eigenvalue weighted by Crippen LogP contribution is -2.32. The van der Waals surface area contributed by atoms with Crippen molar-refractivity contribution in [3.8, 4) is 11.3 Å². The number of rotatable bonds is 6. The van der Waals surface area contributed by atoms with Crippen LogP contribution < -0.4 is 0 Å². The van der Waals surface area contributed by atoms with E-state index in [-0.39, 0.29) is 29.9 Å². The van der Waals surface area contributed by atoms with Crippen LogP contribution in [0.3, 0.4) is 0 Å². The molecular formula is C28H26F3N5O. The molecule has 2 unspecified atom stereocenters. The molecule has 5 rings (SSSR count). The summed E-state index contributed by atoms with van der Waals surface area (Å²) >= 11 is 0. The maximum Gasteiger partial charge on any atom is 0.185 e. The zero-order valence-electron chi connectivity index (χ0n) is 20.5. The number of benzene rings is 1. The van der Waals surface area contributed by atoms with Gasteiger partial charge in [-0.2, -0.15) is 0 Å². The van der Waals surface area contributed by atoms with Crippen LogP contribution in [0.15, 0.2) is 61.2 Å². The monoisotopic (exact) mass is 505 g/mol. The number of nitrogens with zero attached hydrogens (tertiary/aromatic N) is 5. The summed E-state index contributed by atoms with van der Waals surface area (Å²) in [6, 6.07) is 7.67. The summed E-state index contributed by atoms with van der Waals surface area (Å²) in [5.41, 5.74) is 0.624. The van der Waals surface area contributed by atoms with Gasteiger partial charge in [0.2, 0.25) is 0 Å². The fourth-order valence-corrected chi connectivity index (χ4v) is 5.73. The van der Waals surface area contributed by atoms with E-state index in [1.807, 2.05) is 16.9 Å². The molecule has 0 saturated heterocycles. The van der Waals surface area contributed by atoms with Crippen molar-refractivity contribution < 1.29 is 18.0 Å². The molecule has 4 atom stereocenters. The first-order valence-electron chi connectivity index (χ1n) is 12.3. The van der Waals surface area contributed by atoms with Crippen molar-refractivity contribution in [2.45, 2.75) is 45.1 Å². The third-order valence-electron chi connectivity index (χ3n) is 7.29. The molecule has 0 aliphatic heterocycles. The Morgan fingerprint density at radius 1 is 0.973 bits per heavy atom. The number of aromatic nitrogens is 5. The molecule has 0 N–H and O–H groups in total. The minimum absolute atomic E-state index is 0.00718. The van der Waals surface area contributed by atoms with Crippen LogP contribution in [0.25, 0.3) is 11.3 Å². The lowest BCUT2D eigenvalue weighted by molar-refractivity contribution is 0.0987. The highest BCUT2D eigenvalue weighted by Crippen LogP contribution is 2.45. The molecule has 3 heterocycles. The summed E-state index contributed by atoms with van der Waals surface area (Å²) in [4.78, 5) is 21.5. The zero-order valence-corrected chi connectivity index (χ0v) is 20.5. The predicted octanol–water partition coefficient (Wildman–Crippen LogP) is 5.97. The molecule has 0 radical (unpaired) electrons. The first kappa shape index (κ1) is 24.8. The van der Waals surface area contributed by atoms with Gasteiger partial charge in [-0.3, -0.25) is 9.78 Å². The van der Waals surface area contributed by atoms with E-state index in [0.717, 1.165) is 42.2 Å². The van der Waals surface area contributed by atoms with Gasteiger partial charge in [-0.1, -0.05) is 25.1 Å². The molecular weight excluding hydrogens is 479 g/mol. The summed E-state index contributed by atoms with van der Waals surface area (Å²) in [6.45, 7) is 4.40. The Kier molecular flexibility index (Phi) is 6.86. The van der Waals surface area contributed by atoms with Crippen molar-refractivity contribution >= 4 is 5.78 Å². The van der Waals surface area contributed by atoms with Gasteiger partial charge in [-0.15, -0.1) is 5.10 Å². The molecule has 1 fully saturated rings. The van der Waals surface area contributed by atoms with Gasteiger partial charge in [-0.05, 0) is 72.1 Å². The van der Waals surface area contributed by atoms with Crippen LogP contribution in [0, 0.1) is 29.3 Å². The number of hydrogen-bond donors (Lipinski definition) is 0. The van der Waals surface area contributed by atoms with Gasteiger partial charge in [0, 0.05) is 25.0 Å². The van der Waals surface area contributed by atoms with Crippen LogP contribution in [0.5, 0.6) is 0 Å². The molecule has 0 amide bonds. The second kappa shape index (κ2) is 10.2. The van der Waals surface area contributed by atoms with E-state index in [1.54, 1.807) is 18.6 Å². The van der Waals surface area contributed by atoms with E-state index < -0.39 is 28.7 Å². The minimum Gasteiger partial charge on any atom is -0.292 e. The third-order valence-corrected chi connectivity index (χ3v) is 7.29. The molecule has 0 bridgehead atoms. The number of Topliss-reactive ketones (excluding diaryl/α,β-unsaturated/α-hetero) is 1. The third kappa shape index (κ3) is 4.90. The van der Waals surface area contributed by atoms with Crippen molar-refractivity contribution in [3.05, 3.63) is 95.5 Å². The Morgan fingerprint density at radius 2 is 1.70 bits per heavy atom. The lowest BCUT2D eigenvalue weighted by atomic mass is 9.70. The Hall–Kier alpha value is -3.88. The Morgan fingerprint density at radius 3 is 2.38 bits per heavy atom. The second-order valence-electron chi connectivity index (χ2n) is 9.79. The first-order valence-corrected chi connectivity index (χ1v) is 12.3. The predicted molar refractivity (Wildman–Crippen MR) is 131 cm³/mol. The van der Waals surface area contributed by atoms with Gasteiger partial charge in [0.1, 0.15) is 28.8 Å². The number of pyridine rings is 2. The van der Waals surface area contributed by atoms with Crippen LogP contribution in [0.1, 0.15) is 60.3 Å². The van der Waals surface area contributed by atoms with Crippen molar-refractivity contribution in [1.82, 2.24) is 25.0 Å². The summed E-state index contributed by atoms with van der Waals surface area (Å²) in [5.74, 6) is -2.29. The van der Waals surface area contributed by atoms with Crippen molar-refractivity contribution in [1.29, 1.82) is 0 Å². The van der Waals surface area contributed by atoms with Gasteiger partial charge in [0.15, 0.2) is 5.78 Å². The van der Waals surface area contributed by atoms with E-state index in [9.17, 15) is 18.0 Å². The molecule has 6 nitrogen and oxygen atoms in total. The molecule has 9 heteroatoms. The zero-order chi connectivity index (χ0) is 26.1. The number of carbonyl (C=O) groups is 1. The van der Waals surface area contributed by atoms with Crippen molar-refractivity contribution in [2.75, 3.05) is 0 Å². The number of hydrogen-bond acceptors (Lipinski definition) is 5. The average Bonchev–Trinajstić information content (AvgIpc) is 3.39. The summed E-state index contributed by atoms with van der Waals surface area (Å²) in [6.07, 6.45) is 8.79. The number of halogens is 3. The largest absolute Gasteiger partial charge is 0.292 e. The van der Waals surface area contributed by atoms with Crippen LogP contribution in [-0.4, -0.2) is 30.7 Å². The van der Waals surface area contributed by atoms with Crippen LogP contribution >= 0.6 is 0 Å². The van der Waals surface area contributed by atoms with Crippen LogP contribution in [-0.2, 0) is 6.42 Å². The molecule has 1 aliphatic rings. The maximum absolute atomic E-state index is 14.5. The van der Waals surface area contributed by atoms with Gasteiger partial charge < -0.3 is 0 Å². The van der Waals surface area contributed by atoms with Gasteiger partial charge in [0.05, 0.1) is 17.8 Å². The minimum atomic E-state index is -0.949. The Labute approximate surface area is 212 Å². The lowest BCUT2D eigenvalue weighted by Gasteiger charge is -2.39. The highest BCUT2D eigenvalue weighted by Gasteiger charge is 2.36. The maximum atomic E-state index is 14.5. The van der Waals surface area contributed by atoms with E-state index in [1.165, 1.54) is 12.1 Å². The molecule has 190 valence electrons. The highest BCUT2D eigenvalue weighted by atomic mass is 19.1. The molecule has 1 aliphatic carbocycles. The number of carbonyl (C=O) groups excluding carboxylic acids is 1. The quantitative estimate of drug-likeness (QED) is 0.302. The molecule has 0 spiro atoms. The molecule has 4 aromatic rings. The second-order valence-corrected chi connectivity index (χ2v) is 9.79. The smallest absolute Gasteiger partial charge is 0.185 e. The molecule has 1 aromatic carbocycles. The van der Waals surface area contributed by atoms with E-state index >= 15 is 0 Å².